The standard InChI is InChI=1S/C11H30N4Si/c1-7-8-9-10-11-16(6,12-14(2)3)13-15(4)5/h12-13H,7-11H2,1-6H3. The van der Waals surface area contributed by atoms with E-state index >= 15 is 0 Å². The van der Waals surface area contributed by atoms with Gasteiger partial charge in [-0.3, -0.25) is 20.2 Å². The van der Waals surface area contributed by atoms with Crippen LogP contribution in [0.5, 0.6) is 0 Å². The van der Waals surface area contributed by atoms with Crippen molar-refractivity contribution in [1.29, 1.82) is 0 Å². The molecule has 0 saturated heterocycles. The predicted molar refractivity (Wildman–Crippen MR) is 74.2 cm³/mol. The molecule has 0 rings (SSSR count). The molecule has 0 aromatic rings. The van der Waals surface area contributed by atoms with Gasteiger partial charge in [0.15, 0.2) is 0 Å². The Labute approximate surface area is 102 Å². The molecule has 5 heteroatoms. The molecule has 0 fully saturated rings. The van der Waals surface area contributed by atoms with Crippen LogP contribution in [0, 0.1) is 0 Å². The zero-order chi connectivity index (χ0) is 12.6. The molecule has 0 aliphatic carbocycles. The van der Waals surface area contributed by atoms with Gasteiger partial charge in [0.2, 0.25) is 8.40 Å². The summed E-state index contributed by atoms with van der Waals surface area (Å²) in [6.07, 6.45) is 5.33. The van der Waals surface area contributed by atoms with E-state index in [1.54, 1.807) is 0 Å². The van der Waals surface area contributed by atoms with Crippen molar-refractivity contribution in [3.8, 4) is 0 Å². The highest BCUT2D eigenvalue weighted by molar-refractivity contribution is 6.73. The van der Waals surface area contributed by atoms with Gasteiger partial charge in [-0.2, -0.15) is 0 Å². The highest BCUT2D eigenvalue weighted by Gasteiger charge is 2.28. The zero-order valence-corrected chi connectivity index (χ0v) is 12.9. The molecule has 0 unspecified atom stereocenters. The maximum absolute atomic E-state index is 3.58. The molecule has 0 saturated carbocycles. The average Bonchev–Trinajstić information content (AvgIpc) is 2.09. The largest absolute Gasteiger partial charge is 0.261 e. The molecule has 0 spiro atoms. The topological polar surface area (TPSA) is 30.5 Å². The maximum Gasteiger partial charge on any atom is 0.225 e. The molecule has 0 atom stereocenters. The number of hydrazine groups is 2. The van der Waals surface area contributed by atoms with Crippen molar-refractivity contribution in [3.05, 3.63) is 0 Å². The monoisotopic (exact) mass is 246 g/mol. The second-order valence-corrected chi connectivity index (χ2v) is 8.77. The maximum atomic E-state index is 3.58. The molecule has 0 aromatic carbocycles. The smallest absolute Gasteiger partial charge is 0.225 e. The predicted octanol–water partition coefficient (Wildman–Crippen LogP) is 1.77. The van der Waals surface area contributed by atoms with Crippen molar-refractivity contribution < 1.29 is 0 Å². The molecule has 0 heterocycles. The Morgan fingerprint density at radius 1 is 0.875 bits per heavy atom. The Morgan fingerprint density at radius 2 is 1.38 bits per heavy atom. The Morgan fingerprint density at radius 3 is 1.75 bits per heavy atom. The quantitative estimate of drug-likeness (QED) is 0.369. The molecule has 2 N–H and O–H groups in total. The van der Waals surface area contributed by atoms with Crippen LogP contribution >= 0.6 is 0 Å². The third-order valence-electron chi connectivity index (χ3n) is 2.47. The minimum absolute atomic E-state index is 1.27. The van der Waals surface area contributed by atoms with Crippen LogP contribution in [0.25, 0.3) is 0 Å². The summed E-state index contributed by atoms with van der Waals surface area (Å²) in [6, 6.07) is 1.27. The van der Waals surface area contributed by atoms with Gasteiger partial charge in [0, 0.05) is 28.2 Å². The van der Waals surface area contributed by atoms with Crippen molar-refractivity contribution in [2.24, 2.45) is 0 Å². The molecule has 0 bridgehead atoms. The Hall–Kier alpha value is 0.0569. The highest BCUT2D eigenvalue weighted by Crippen LogP contribution is 2.11. The summed E-state index contributed by atoms with van der Waals surface area (Å²) >= 11 is 0. The fraction of sp³-hybridized carbons (Fsp3) is 1.00. The summed E-state index contributed by atoms with van der Waals surface area (Å²) in [5, 5.41) is 11.3. The molecule has 16 heavy (non-hydrogen) atoms. The average molecular weight is 246 g/mol. The number of hydrogen-bond acceptors (Lipinski definition) is 4. The van der Waals surface area contributed by atoms with Crippen LogP contribution in [0.15, 0.2) is 0 Å². The molecular weight excluding hydrogens is 216 g/mol. The van der Waals surface area contributed by atoms with Gasteiger partial charge in [-0.15, -0.1) is 0 Å². The Balaban J connectivity index is 4.08. The van der Waals surface area contributed by atoms with E-state index in [1.807, 2.05) is 0 Å². The fourth-order valence-corrected chi connectivity index (χ4v) is 5.23. The van der Waals surface area contributed by atoms with Crippen LogP contribution in [0.4, 0.5) is 0 Å². The number of nitrogens with one attached hydrogen (secondary N) is 2. The number of unbranched alkanes of at least 4 members (excludes halogenated alkanes) is 3. The van der Waals surface area contributed by atoms with Crippen LogP contribution < -0.4 is 10.2 Å². The molecule has 0 radical (unpaired) electrons. The van der Waals surface area contributed by atoms with E-state index in [9.17, 15) is 0 Å². The van der Waals surface area contributed by atoms with Crippen LogP contribution in [0.3, 0.4) is 0 Å². The second-order valence-electron chi connectivity index (χ2n) is 5.16. The van der Waals surface area contributed by atoms with Crippen molar-refractivity contribution >= 4 is 8.40 Å². The molecule has 98 valence electrons. The zero-order valence-electron chi connectivity index (χ0n) is 11.9. The lowest BCUT2D eigenvalue weighted by molar-refractivity contribution is 0.313. The van der Waals surface area contributed by atoms with Gasteiger partial charge in [0.25, 0.3) is 0 Å². The Kier molecular flexibility index (Phi) is 8.22. The lowest BCUT2D eigenvalue weighted by Crippen LogP contribution is -2.66. The first kappa shape index (κ1) is 16.1. The van der Waals surface area contributed by atoms with Gasteiger partial charge in [0.1, 0.15) is 0 Å². The van der Waals surface area contributed by atoms with Crippen LogP contribution in [-0.2, 0) is 0 Å². The van der Waals surface area contributed by atoms with E-state index in [0.717, 1.165) is 0 Å². The van der Waals surface area contributed by atoms with Crippen molar-refractivity contribution in [2.75, 3.05) is 28.2 Å². The van der Waals surface area contributed by atoms with E-state index in [-0.39, 0.29) is 0 Å². The van der Waals surface area contributed by atoms with Gasteiger partial charge in [0.05, 0.1) is 0 Å². The SMILES string of the molecule is CCCCCC[Si](C)(NN(C)C)NN(C)C. The van der Waals surface area contributed by atoms with Crippen molar-refractivity contribution in [2.45, 2.75) is 45.2 Å². The second kappa shape index (κ2) is 8.19. The summed E-state index contributed by atoms with van der Waals surface area (Å²) in [5.74, 6) is 0. The normalized spacial score (nSPS) is 12.8. The fourth-order valence-electron chi connectivity index (χ4n) is 2.03. The van der Waals surface area contributed by atoms with Crippen LogP contribution in [0.1, 0.15) is 32.6 Å². The minimum atomic E-state index is -1.57. The van der Waals surface area contributed by atoms with E-state index in [4.69, 9.17) is 0 Å². The molecule has 0 aromatic heterocycles. The molecule has 0 amide bonds. The summed E-state index contributed by atoms with van der Waals surface area (Å²) in [4.78, 5) is 0. The first-order valence-corrected chi connectivity index (χ1v) is 9.00. The van der Waals surface area contributed by atoms with E-state index in [0.29, 0.717) is 0 Å². The van der Waals surface area contributed by atoms with E-state index < -0.39 is 8.40 Å². The molecular formula is C11H30N4Si. The lowest BCUT2D eigenvalue weighted by Gasteiger charge is -2.35. The number of nitrogens with zero attached hydrogens (tertiary/aromatic N) is 2. The van der Waals surface area contributed by atoms with E-state index in [2.05, 4.69) is 61.9 Å². The molecule has 0 aliphatic heterocycles. The first-order valence-electron chi connectivity index (χ1n) is 6.30. The number of hydrogen-bond donors (Lipinski definition) is 2. The van der Waals surface area contributed by atoms with Crippen LogP contribution in [0.2, 0.25) is 12.6 Å². The first-order chi connectivity index (χ1) is 7.39. The van der Waals surface area contributed by atoms with Crippen LogP contribution in [-0.4, -0.2) is 46.6 Å². The van der Waals surface area contributed by atoms with Crippen molar-refractivity contribution in [1.82, 2.24) is 20.2 Å². The van der Waals surface area contributed by atoms with Gasteiger partial charge >= 0.3 is 0 Å². The summed E-state index contributed by atoms with van der Waals surface area (Å²) in [5.41, 5.74) is 0. The minimum Gasteiger partial charge on any atom is -0.261 e. The van der Waals surface area contributed by atoms with Gasteiger partial charge < -0.3 is 0 Å². The number of rotatable bonds is 9. The third kappa shape index (κ3) is 8.24. The molecule has 0 aliphatic rings. The van der Waals surface area contributed by atoms with Gasteiger partial charge in [-0.05, 0) is 12.6 Å². The van der Waals surface area contributed by atoms with Gasteiger partial charge in [-0.1, -0.05) is 32.6 Å². The van der Waals surface area contributed by atoms with Gasteiger partial charge in [-0.25, -0.2) is 0 Å². The third-order valence-corrected chi connectivity index (χ3v) is 5.71. The highest BCUT2D eigenvalue weighted by atomic mass is 28.3. The lowest BCUT2D eigenvalue weighted by atomic mass is 10.2. The van der Waals surface area contributed by atoms with Crippen molar-refractivity contribution in [3.63, 3.8) is 0 Å². The molecule has 4 nitrogen and oxygen atoms in total. The van der Waals surface area contributed by atoms with E-state index in [1.165, 1.54) is 31.7 Å². The summed E-state index contributed by atoms with van der Waals surface area (Å²) in [6.45, 7) is 4.60. The summed E-state index contributed by atoms with van der Waals surface area (Å²) in [7, 11) is 6.68. The Bertz CT molecular complexity index is 163. The summed E-state index contributed by atoms with van der Waals surface area (Å²) < 4.78 is 0.